The number of sulfone groups is 1. The first kappa shape index (κ1) is 12.9. The van der Waals surface area contributed by atoms with Crippen molar-refractivity contribution in [2.75, 3.05) is 6.26 Å². The first-order chi connectivity index (χ1) is 9.55. The lowest BCUT2D eigenvalue weighted by molar-refractivity contribution is 0.602. The monoisotopic (exact) mass is 282 g/mol. The molecule has 0 unspecified atom stereocenters. The van der Waals surface area contributed by atoms with E-state index in [4.69, 9.17) is 0 Å². The fraction of sp³-hybridized carbons (Fsp3) is 0.0588. The van der Waals surface area contributed by atoms with Crippen molar-refractivity contribution in [3.8, 4) is 11.1 Å². The smallest absolute Gasteiger partial charge is 0.175 e. The molecular formula is C17H14O2S. The Morgan fingerprint density at radius 1 is 0.750 bits per heavy atom. The summed E-state index contributed by atoms with van der Waals surface area (Å²) in [7, 11) is -3.14. The first-order valence-corrected chi connectivity index (χ1v) is 8.23. The number of rotatable bonds is 2. The molecule has 3 rings (SSSR count). The minimum absolute atomic E-state index is 0.349. The molecule has 0 N–H and O–H groups in total. The Morgan fingerprint density at radius 2 is 1.40 bits per heavy atom. The van der Waals surface area contributed by atoms with E-state index in [-0.39, 0.29) is 0 Å². The van der Waals surface area contributed by atoms with Gasteiger partial charge in [-0.15, -0.1) is 0 Å². The molecule has 0 heterocycles. The summed E-state index contributed by atoms with van der Waals surface area (Å²) in [5.41, 5.74) is 2.14. The summed E-state index contributed by atoms with van der Waals surface area (Å²) in [6.07, 6.45) is 1.22. The molecule has 3 aromatic carbocycles. The van der Waals surface area contributed by atoms with Gasteiger partial charge in [0.2, 0.25) is 0 Å². The minimum Gasteiger partial charge on any atom is -0.224 e. The van der Waals surface area contributed by atoms with Gasteiger partial charge in [-0.3, -0.25) is 0 Å². The van der Waals surface area contributed by atoms with E-state index in [0.29, 0.717) is 4.90 Å². The third-order valence-corrected chi connectivity index (χ3v) is 4.51. The maximum absolute atomic E-state index is 11.5. The van der Waals surface area contributed by atoms with E-state index in [1.54, 1.807) is 12.1 Å². The second kappa shape index (κ2) is 4.76. The van der Waals surface area contributed by atoms with Gasteiger partial charge in [0.25, 0.3) is 0 Å². The van der Waals surface area contributed by atoms with Gasteiger partial charge in [-0.1, -0.05) is 54.6 Å². The zero-order valence-corrected chi connectivity index (χ0v) is 11.9. The van der Waals surface area contributed by atoms with Gasteiger partial charge in [0.1, 0.15) is 0 Å². The largest absolute Gasteiger partial charge is 0.224 e. The second-order valence-corrected chi connectivity index (χ2v) is 6.84. The van der Waals surface area contributed by atoms with Crippen molar-refractivity contribution in [1.82, 2.24) is 0 Å². The molecule has 0 aliphatic heterocycles. The third-order valence-electron chi connectivity index (χ3n) is 3.38. The van der Waals surface area contributed by atoms with Crippen LogP contribution in [0.15, 0.2) is 71.6 Å². The third kappa shape index (κ3) is 2.32. The molecule has 3 aromatic rings. The highest BCUT2D eigenvalue weighted by Gasteiger charge is 2.08. The highest BCUT2D eigenvalue weighted by Crippen LogP contribution is 2.29. The van der Waals surface area contributed by atoms with Crippen LogP contribution in [0.5, 0.6) is 0 Å². The average molecular weight is 282 g/mol. The fourth-order valence-corrected chi connectivity index (χ4v) is 2.99. The lowest BCUT2D eigenvalue weighted by Gasteiger charge is -2.07. The number of fused-ring (bicyclic) bond motifs is 1. The van der Waals surface area contributed by atoms with Crippen molar-refractivity contribution in [1.29, 1.82) is 0 Å². The highest BCUT2D eigenvalue weighted by molar-refractivity contribution is 7.90. The van der Waals surface area contributed by atoms with Crippen molar-refractivity contribution < 1.29 is 8.42 Å². The van der Waals surface area contributed by atoms with Gasteiger partial charge in [-0.05, 0) is 34.0 Å². The fourth-order valence-electron chi connectivity index (χ4n) is 2.36. The summed E-state index contributed by atoms with van der Waals surface area (Å²) in [4.78, 5) is 0.349. The first-order valence-electron chi connectivity index (χ1n) is 6.34. The molecule has 0 fully saturated rings. The van der Waals surface area contributed by atoms with Crippen LogP contribution in [0.1, 0.15) is 0 Å². The van der Waals surface area contributed by atoms with E-state index >= 15 is 0 Å². The predicted molar refractivity (Wildman–Crippen MR) is 82.5 cm³/mol. The average Bonchev–Trinajstić information content (AvgIpc) is 2.46. The van der Waals surface area contributed by atoms with Crippen LogP contribution in [0.2, 0.25) is 0 Å². The number of benzene rings is 3. The van der Waals surface area contributed by atoms with Gasteiger partial charge in [-0.2, -0.15) is 0 Å². The van der Waals surface area contributed by atoms with Crippen LogP contribution in [0, 0.1) is 0 Å². The SMILES string of the molecule is CS(=O)(=O)c1ccc(-c2cccc3ccccc23)cc1. The standard InChI is InChI=1S/C17H14O2S/c1-20(18,19)15-11-9-14(10-12-15)17-8-4-6-13-5-2-3-7-16(13)17/h2-12H,1H3. The van der Waals surface area contributed by atoms with Crippen molar-refractivity contribution in [2.24, 2.45) is 0 Å². The van der Waals surface area contributed by atoms with E-state index in [1.807, 2.05) is 30.3 Å². The summed E-state index contributed by atoms with van der Waals surface area (Å²) in [5, 5.41) is 2.35. The van der Waals surface area contributed by atoms with E-state index in [2.05, 4.69) is 24.3 Å². The topological polar surface area (TPSA) is 34.1 Å². The summed E-state index contributed by atoms with van der Waals surface area (Å²) in [5.74, 6) is 0. The van der Waals surface area contributed by atoms with Crippen LogP contribution in [-0.2, 0) is 9.84 Å². The van der Waals surface area contributed by atoms with Crippen LogP contribution >= 0.6 is 0 Å². The molecule has 20 heavy (non-hydrogen) atoms. The van der Waals surface area contributed by atoms with E-state index in [0.717, 1.165) is 11.1 Å². The van der Waals surface area contributed by atoms with E-state index in [9.17, 15) is 8.42 Å². The van der Waals surface area contributed by atoms with Crippen LogP contribution in [0.3, 0.4) is 0 Å². The maximum Gasteiger partial charge on any atom is 0.175 e. The highest BCUT2D eigenvalue weighted by atomic mass is 32.2. The zero-order chi connectivity index (χ0) is 14.2. The molecule has 0 aromatic heterocycles. The molecule has 0 atom stereocenters. The van der Waals surface area contributed by atoms with Crippen LogP contribution in [0.4, 0.5) is 0 Å². The van der Waals surface area contributed by atoms with Gasteiger partial charge < -0.3 is 0 Å². The Kier molecular flexibility index (Phi) is 3.07. The van der Waals surface area contributed by atoms with Gasteiger partial charge in [-0.25, -0.2) is 8.42 Å². The predicted octanol–water partition coefficient (Wildman–Crippen LogP) is 3.91. The number of hydrogen-bond acceptors (Lipinski definition) is 2. The normalized spacial score (nSPS) is 11.7. The van der Waals surface area contributed by atoms with Gasteiger partial charge >= 0.3 is 0 Å². The summed E-state index contributed by atoms with van der Waals surface area (Å²) >= 11 is 0. The molecule has 0 saturated carbocycles. The van der Waals surface area contributed by atoms with Crippen LogP contribution < -0.4 is 0 Å². The molecule has 2 nitrogen and oxygen atoms in total. The quantitative estimate of drug-likeness (QED) is 0.714. The Hall–Kier alpha value is -2.13. The van der Waals surface area contributed by atoms with Crippen molar-refractivity contribution in [3.05, 3.63) is 66.7 Å². The van der Waals surface area contributed by atoms with Gasteiger partial charge in [0.05, 0.1) is 4.90 Å². The number of hydrogen-bond donors (Lipinski definition) is 0. The Labute approximate surface area is 118 Å². The molecule has 3 heteroatoms. The Bertz CT molecular complexity index is 858. The van der Waals surface area contributed by atoms with Crippen molar-refractivity contribution in [2.45, 2.75) is 4.90 Å². The molecule has 0 amide bonds. The zero-order valence-electron chi connectivity index (χ0n) is 11.1. The van der Waals surface area contributed by atoms with Crippen molar-refractivity contribution in [3.63, 3.8) is 0 Å². The Balaban J connectivity index is 2.17. The van der Waals surface area contributed by atoms with Crippen LogP contribution in [0.25, 0.3) is 21.9 Å². The second-order valence-electron chi connectivity index (χ2n) is 4.82. The lowest BCUT2D eigenvalue weighted by Crippen LogP contribution is -1.96. The minimum atomic E-state index is -3.14. The molecule has 0 saturated heterocycles. The van der Waals surface area contributed by atoms with Gasteiger partial charge in [0, 0.05) is 6.26 Å². The molecule has 0 bridgehead atoms. The maximum atomic E-state index is 11.5. The van der Waals surface area contributed by atoms with E-state index < -0.39 is 9.84 Å². The van der Waals surface area contributed by atoms with E-state index in [1.165, 1.54) is 17.0 Å². The molecule has 0 spiro atoms. The molecule has 0 aliphatic carbocycles. The molecule has 0 radical (unpaired) electrons. The molecular weight excluding hydrogens is 268 g/mol. The van der Waals surface area contributed by atoms with Crippen LogP contribution in [-0.4, -0.2) is 14.7 Å². The summed E-state index contributed by atoms with van der Waals surface area (Å²) in [6.45, 7) is 0. The summed E-state index contributed by atoms with van der Waals surface area (Å²) in [6, 6.07) is 21.4. The molecule has 0 aliphatic rings. The molecule has 100 valence electrons. The lowest BCUT2D eigenvalue weighted by atomic mass is 9.98. The summed E-state index contributed by atoms with van der Waals surface area (Å²) < 4.78 is 23.0. The van der Waals surface area contributed by atoms with Crippen molar-refractivity contribution >= 4 is 20.6 Å². The Morgan fingerprint density at radius 3 is 2.10 bits per heavy atom. The van der Waals surface area contributed by atoms with Gasteiger partial charge in [0.15, 0.2) is 9.84 Å².